The molecule has 1 saturated heterocycles. The summed E-state index contributed by atoms with van der Waals surface area (Å²) in [7, 11) is -2.13. The maximum Gasteiger partial charge on any atom is 0.245 e. The van der Waals surface area contributed by atoms with Crippen LogP contribution in [0.15, 0.2) is 57.9 Å². The van der Waals surface area contributed by atoms with Crippen LogP contribution in [-0.4, -0.2) is 43.7 Å². The third-order valence-electron chi connectivity index (χ3n) is 4.97. The molecule has 3 rings (SSSR count). The van der Waals surface area contributed by atoms with Crippen molar-refractivity contribution in [1.29, 1.82) is 0 Å². The highest BCUT2D eigenvalue weighted by Crippen LogP contribution is 2.26. The molecule has 0 spiro atoms. The van der Waals surface area contributed by atoms with Crippen LogP contribution >= 0.6 is 15.9 Å². The minimum atomic E-state index is -3.89. The number of sulfonamides is 1. The standard InChI is InChI=1S/C20H22BrFN2O3S/c1-23(14-15-6-8-17(21)9-7-15)20(25)16-10-12-24(13-11-16)28(26,27)19-5-3-2-4-18(19)22/h2-9,16H,10-14H2,1H3. The number of hydrogen-bond acceptors (Lipinski definition) is 3. The van der Waals surface area contributed by atoms with E-state index in [4.69, 9.17) is 0 Å². The van der Waals surface area contributed by atoms with E-state index < -0.39 is 15.8 Å². The highest BCUT2D eigenvalue weighted by atomic mass is 79.9. The predicted octanol–water partition coefficient (Wildman–Crippen LogP) is 3.65. The number of carbonyl (C=O) groups excluding carboxylic acids is 1. The topological polar surface area (TPSA) is 57.7 Å². The Morgan fingerprint density at radius 3 is 2.36 bits per heavy atom. The molecule has 1 heterocycles. The number of rotatable bonds is 5. The Labute approximate surface area is 173 Å². The second-order valence-electron chi connectivity index (χ2n) is 6.93. The first kappa shape index (κ1) is 21.0. The molecule has 5 nitrogen and oxygen atoms in total. The van der Waals surface area contributed by atoms with Gasteiger partial charge in [0.05, 0.1) is 0 Å². The minimum Gasteiger partial charge on any atom is -0.341 e. The molecule has 28 heavy (non-hydrogen) atoms. The van der Waals surface area contributed by atoms with Gasteiger partial charge in [0, 0.05) is 37.1 Å². The predicted molar refractivity (Wildman–Crippen MR) is 108 cm³/mol. The highest BCUT2D eigenvalue weighted by molar-refractivity contribution is 9.10. The lowest BCUT2D eigenvalue weighted by Gasteiger charge is -2.32. The molecule has 0 atom stereocenters. The van der Waals surface area contributed by atoms with Crippen molar-refractivity contribution in [3.63, 3.8) is 0 Å². The van der Waals surface area contributed by atoms with Gasteiger partial charge in [0.25, 0.3) is 0 Å². The van der Waals surface area contributed by atoms with Crippen molar-refractivity contribution in [3.05, 3.63) is 64.4 Å². The monoisotopic (exact) mass is 468 g/mol. The van der Waals surface area contributed by atoms with Gasteiger partial charge in [-0.1, -0.05) is 40.2 Å². The largest absolute Gasteiger partial charge is 0.341 e. The van der Waals surface area contributed by atoms with Crippen LogP contribution in [0.25, 0.3) is 0 Å². The average molecular weight is 469 g/mol. The Hall–Kier alpha value is -1.77. The highest BCUT2D eigenvalue weighted by Gasteiger charge is 2.34. The number of nitrogens with zero attached hydrogens (tertiary/aromatic N) is 2. The van der Waals surface area contributed by atoms with Crippen molar-refractivity contribution in [3.8, 4) is 0 Å². The summed E-state index contributed by atoms with van der Waals surface area (Å²) in [6.45, 7) is 0.915. The van der Waals surface area contributed by atoms with E-state index >= 15 is 0 Å². The van der Waals surface area contributed by atoms with Gasteiger partial charge in [-0.05, 0) is 42.7 Å². The van der Waals surface area contributed by atoms with Crippen LogP contribution in [0, 0.1) is 11.7 Å². The molecule has 0 N–H and O–H groups in total. The summed E-state index contributed by atoms with van der Waals surface area (Å²) in [6.07, 6.45) is 0.856. The number of halogens is 2. The van der Waals surface area contributed by atoms with Crippen LogP contribution in [0.4, 0.5) is 4.39 Å². The fourth-order valence-corrected chi connectivity index (χ4v) is 5.19. The lowest BCUT2D eigenvalue weighted by Crippen LogP contribution is -2.43. The summed E-state index contributed by atoms with van der Waals surface area (Å²) in [5.41, 5.74) is 1.03. The van der Waals surface area contributed by atoms with Gasteiger partial charge < -0.3 is 4.90 Å². The van der Waals surface area contributed by atoms with Gasteiger partial charge in [-0.25, -0.2) is 12.8 Å². The van der Waals surface area contributed by atoms with E-state index in [-0.39, 0.29) is 29.8 Å². The molecule has 1 aliphatic heterocycles. The lowest BCUT2D eigenvalue weighted by atomic mass is 9.96. The molecule has 2 aromatic carbocycles. The van der Waals surface area contributed by atoms with Gasteiger partial charge in [-0.2, -0.15) is 4.31 Å². The summed E-state index contributed by atoms with van der Waals surface area (Å²) in [5.74, 6) is -0.978. The number of hydrogen-bond donors (Lipinski definition) is 0. The molecule has 0 aromatic heterocycles. The molecular weight excluding hydrogens is 447 g/mol. The first-order valence-corrected chi connectivity index (χ1v) is 11.3. The summed E-state index contributed by atoms with van der Waals surface area (Å²) >= 11 is 3.39. The second-order valence-corrected chi connectivity index (χ2v) is 9.75. The van der Waals surface area contributed by atoms with E-state index in [0.29, 0.717) is 19.4 Å². The number of amides is 1. The zero-order valence-electron chi connectivity index (χ0n) is 15.5. The van der Waals surface area contributed by atoms with Crippen LogP contribution in [0.1, 0.15) is 18.4 Å². The molecule has 1 fully saturated rings. The van der Waals surface area contributed by atoms with E-state index in [1.54, 1.807) is 11.9 Å². The molecule has 1 amide bonds. The van der Waals surface area contributed by atoms with Gasteiger partial charge in [0.15, 0.2) is 0 Å². The van der Waals surface area contributed by atoms with Crippen LogP contribution in [0.3, 0.4) is 0 Å². The fourth-order valence-electron chi connectivity index (χ4n) is 3.39. The molecule has 0 unspecified atom stereocenters. The van der Waals surface area contributed by atoms with Gasteiger partial charge in [-0.15, -0.1) is 0 Å². The molecule has 0 radical (unpaired) electrons. The molecule has 2 aromatic rings. The third kappa shape index (κ3) is 4.61. The van der Waals surface area contributed by atoms with Gasteiger partial charge in [0.2, 0.25) is 15.9 Å². The molecule has 0 bridgehead atoms. The Bertz CT molecular complexity index is 942. The fraction of sp³-hybridized carbons (Fsp3) is 0.350. The van der Waals surface area contributed by atoms with Gasteiger partial charge in [0.1, 0.15) is 10.7 Å². The molecular formula is C20H22BrFN2O3S. The Morgan fingerprint density at radius 2 is 1.75 bits per heavy atom. The first-order valence-electron chi connectivity index (χ1n) is 9.03. The maximum atomic E-state index is 13.9. The Kier molecular flexibility index (Phi) is 6.52. The van der Waals surface area contributed by atoms with Crippen LogP contribution in [0.2, 0.25) is 0 Å². The van der Waals surface area contributed by atoms with Gasteiger partial charge in [-0.3, -0.25) is 4.79 Å². The number of carbonyl (C=O) groups is 1. The Balaban J connectivity index is 1.60. The number of piperidine rings is 1. The maximum absolute atomic E-state index is 13.9. The number of benzene rings is 2. The zero-order valence-corrected chi connectivity index (χ0v) is 17.9. The lowest BCUT2D eigenvalue weighted by molar-refractivity contribution is -0.135. The second kappa shape index (κ2) is 8.71. The first-order chi connectivity index (χ1) is 13.3. The van der Waals surface area contributed by atoms with Crippen molar-refractivity contribution >= 4 is 31.9 Å². The molecule has 8 heteroatoms. The van der Waals surface area contributed by atoms with Crippen LogP contribution < -0.4 is 0 Å². The van der Waals surface area contributed by atoms with Crippen molar-refractivity contribution in [2.24, 2.45) is 5.92 Å². The smallest absolute Gasteiger partial charge is 0.245 e. The minimum absolute atomic E-state index is 0.00542. The van der Waals surface area contributed by atoms with Crippen LogP contribution in [0.5, 0.6) is 0 Å². The van der Waals surface area contributed by atoms with E-state index in [1.165, 1.54) is 22.5 Å². The molecule has 1 aliphatic rings. The van der Waals surface area contributed by atoms with Crippen molar-refractivity contribution in [2.75, 3.05) is 20.1 Å². The summed E-state index contributed by atoms with van der Waals surface area (Å²) in [5, 5.41) is 0. The van der Waals surface area contributed by atoms with E-state index in [0.717, 1.165) is 16.1 Å². The van der Waals surface area contributed by atoms with E-state index in [1.807, 2.05) is 24.3 Å². The van der Waals surface area contributed by atoms with Gasteiger partial charge >= 0.3 is 0 Å². The van der Waals surface area contributed by atoms with E-state index in [9.17, 15) is 17.6 Å². The molecule has 0 saturated carbocycles. The van der Waals surface area contributed by atoms with Crippen molar-refractivity contribution < 1.29 is 17.6 Å². The molecule has 0 aliphatic carbocycles. The SMILES string of the molecule is CN(Cc1ccc(Br)cc1)C(=O)C1CCN(S(=O)(=O)c2ccccc2F)CC1. The Morgan fingerprint density at radius 1 is 1.14 bits per heavy atom. The zero-order chi connectivity index (χ0) is 20.3. The van der Waals surface area contributed by atoms with Crippen molar-refractivity contribution in [2.45, 2.75) is 24.3 Å². The average Bonchev–Trinajstić information content (AvgIpc) is 2.69. The normalized spacial score (nSPS) is 16.1. The summed E-state index contributed by atoms with van der Waals surface area (Å²) in [4.78, 5) is 14.1. The summed E-state index contributed by atoms with van der Waals surface area (Å²) in [6, 6.07) is 13.1. The van der Waals surface area contributed by atoms with Crippen LogP contribution in [-0.2, 0) is 21.4 Å². The van der Waals surface area contributed by atoms with Crippen molar-refractivity contribution in [1.82, 2.24) is 9.21 Å². The summed E-state index contributed by atoms with van der Waals surface area (Å²) < 4.78 is 41.5. The quantitative estimate of drug-likeness (QED) is 0.672. The van der Waals surface area contributed by atoms with E-state index in [2.05, 4.69) is 15.9 Å². The molecule has 150 valence electrons. The third-order valence-corrected chi connectivity index (χ3v) is 7.43.